The lowest BCUT2D eigenvalue weighted by Gasteiger charge is -2.44. The van der Waals surface area contributed by atoms with Crippen molar-refractivity contribution in [3.05, 3.63) is 83.0 Å². The molecular weight excluding hydrogens is 550 g/mol. The molecule has 3 aliphatic heterocycles. The van der Waals surface area contributed by atoms with Gasteiger partial charge in [0.2, 0.25) is 5.95 Å². The minimum absolute atomic E-state index is 0.103. The Bertz CT molecular complexity index is 1560. The molecular formula is C32H36ClN7O2. The van der Waals surface area contributed by atoms with Crippen molar-refractivity contribution in [1.29, 1.82) is 0 Å². The van der Waals surface area contributed by atoms with Crippen LogP contribution >= 0.6 is 11.6 Å². The van der Waals surface area contributed by atoms with Crippen molar-refractivity contribution >= 4 is 40.5 Å². The zero-order valence-corrected chi connectivity index (χ0v) is 24.4. The third kappa shape index (κ3) is 5.32. The molecule has 9 nitrogen and oxygen atoms in total. The van der Waals surface area contributed by atoms with E-state index < -0.39 is 5.60 Å². The van der Waals surface area contributed by atoms with Gasteiger partial charge in [0, 0.05) is 61.2 Å². The number of hydrogen-bond donors (Lipinski definition) is 2. The summed E-state index contributed by atoms with van der Waals surface area (Å²) in [5.74, 6) is 0.594. The minimum atomic E-state index is -0.871. The summed E-state index contributed by atoms with van der Waals surface area (Å²) in [6.45, 7) is 5.14. The summed E-state index contributed by atoms with van der Waals surface area (Å²) in [6, 6.07) is 19.6. The highest BCUT2D eigenvalue weighted by Crippen LogP contribution is 2.36. The molecule has 0 aliphatic carbocycles. The molecule has 7 rings (SSSR count). The van der Waals surface area contributed by atoms with Crippen LogP contribution in [-0.2, 0) is 5.60 Å². The maximum atomic E-state index is 13.2. The number of nitrogens with zero attached hydrogens (tertiary/aromatic N) is 6. The van der Waals surface area contributed by atoms with Crippen LogP contribution in [0.1, 0.15) is 48.0 Å². The lowest BCUT2D eigenvalue weighted by atomic mass is 9.84. The van der Waals surface area contributed by atoms with Gasteiger partial charge in [-0.2, -0.15) is 4.98 Å². The van der Waals surface area contributed by atoms with Gasteiger partial charge in [-0.25, -0.2) is 4.52 Å². The smallest absolute Gasteiger partial charge is 0.253 e. The third-order valence-electron chi connectivity index (χ3n) is 9.17. The van der Waals surface area contributed by atoms with E-state index in [1.165, 1.54) is 19.3 Å². The number of aromatic nitrogens is 3. The van der Waals surface area contributed by atoms with E-state index >= 15 is 0 Å². The fraction of sp³-hybridized carbons (Fsp3) is 0.406. The number of piperidine rings is 2. The van der Waals surface area contributed by atoms with Crippen molar-refractivity contribution in [2.45, 2.75) is 43.7 Å². The maximum Gasteiger partial charge on any atom is 0.253 e. The van der Waals surface area contributed by atoms with Crippen molar-refractivity contribution < 1.29 is 9.90 Å². The van der Waals surface area contributed by atoms with Crippen LogP contribution in [0.5, 0.6) is 0 Å². The molecule has 4 aromatic rings. The monoisotopic (exact) mass is 585 g/mol. The molecule has 1 unspecified atom stereocenters. The van der Waals surface area contributed by atoms with Gasteiger partial charge in [-0.05, 0) is 86.3 Å². The predicted molar refractivity (Wildman–Crippen MR) is 165 cm³/mol. The molecule has 10 heteroatoms. The molecule has 1 atom stereocenters. The largest absolute Gasteiger partial charge is 0.385 e. The highest BCUT2D eigenvalue weighted by molar-refractivity contribution is 6.30. The summed E-state index contributed by atoms with van der Waals surface area (Å²) in [5, 5.41) is 19.9. The van der Waals surface area contributed by atoms with Crippen LogP contribution in [0.15, 0.2) is 66.9 Å². The summed E-state index contributed by atoms with van der Waals surface area (Å²) in [7, 11) is 0. The Hall–Kier alpha value is -3.66. The average molecular weight is 586 g/mol. The Morgan fingerprint density at radius 3 is 2.52 bits per heavy atom. The van der Waals surface area contributed by atoms with Crippen LogP contribution < -0.4 is 10.2 Å². The molecule has 0 radical (unpaired) electrons. The van der Waals surface area contributed by atoms with E-state index in [0.29, 0.717) is 48.5 Å². The van der Waals surface area contributed by atoms with Gasteiger partial charge in [0.25, 0.3) is 5.91 Å². The average Bonchev–Trinajstić information content (AvgIpc) is 3.44. The van der Waals surface area contributed by atoms with Crippen LogP contribution in [-0.4, -0.2) is 80.7 Å². The number of rotatable bonds is 5. The number of piperazine rings is 1. The first-order valence-electron chi connectivity index (χ1n) is 14.9. The number of pyridine rings is 1. The van der Waals surface area contributed by atoms with E-state index in [4.69, 9.17) is 16.6 Å². The molecule has 5 heterocycles. The Labute approximate surface area is 250 Å². The first kappa shape index (κ1) is 27.2. The SMILES string of the molecule is O=C(c1ccc(Nc2nc3c(N4CCC(O)(c5ccc(Cl)cc5)CC4)cccn3n2)cc1)N1CCN2CCCCC2C1. The molecule has 0 saturated carbocycles. The molecule has 2 aromatic heterocycles. The molecule has 2 aromatic carbocycles. The van der Waals surface area contributed by atoms with Gasteiger partial charge in [0.15, 0.2) is 5.65 Å². The van der Waals surface area contributed by atoms with Gasteiger partial charge in [-0.1, -0.05) is 30.2 Å². The molecule has 3 fully saturated rings. The molecule has 2 N–H and O–H groups in total. The molecule has 0 bridgehead atoms. The molecule has 0 spiro atoms. The van der Waals surface area contributed by atoms with Gasteiger partial charge in [-0.3, -0.25) is 9.69 Å². The highest BCUT2D eigenvalue weighted by atomic mass is 35.5. The van der Waals surface area contributed by atoms with Gasteiger partial charge >= 0.3 is 0 Å². The van der Waals surface area contributed by atoms with Crippen molar-refractivity contribution in [2.75, 3.05) is 49.5 Å². The number of fused-ring (bicyclic) bond motifs is 2. The number of amides is 1. The second kappa shape index (κ2) is 11.2. The van der Waals surface area contributed by atoms with Gasteiger partial charge in [0.05, 0.1) is 11.3 Å². The summed E-state index contributed by atoms with van der Waals surface area (Å²) < 4.78 is 1.78. The zero-order valence-electron chi connectivity index (χ0n) is 23.6. The van der Waals surface area contributed by atoms with E-state index in [-0.39, 0.29) is 5.91 Å². The maximum absolute atomic E-state index is 13.2. The van der Waals surface area contributed by atoms with Crippen molar-refractivity contribution in [3.63, 3.8) is 0 Å². The van der Waals surface area contributed by atoms with E-state index in [1.807, 2.05) is 71.8 Å². The summed E-state index contributed by atoms with van der Waals surface area (Å²) in [5.41, 5.74) is 3.30. The number of hydrogen-bond acceptors (Lipinski definition) is 7. The Balaban J connectivity index is 1.01. The quantitative estimate of drug-likeness (QED) is 0.343. The summed E-state index contributed by atoms with van der Waals surface area (Å²) in [4.78, 5) is 24.8. The number of carbonyl (C=O) groups is 1. The molecule has 3 aliphatic rings. The second-order valence-electron chi connectivity index (χ2n) is 11.8. The van der Waals surface area contributed by atoms with Gasteiger partial charge in [0.1, 0.15) is 0 Å². The van der Waals surface area contributed by atoms with E-state index in [9.17, 15) is 9.90 Å². The Morgan fingerprint density at radius 2 is 1.74 bits per heavy atom. The predicted octanol–water partition coefficient (Wildman–Crippen LogP) is 4.92. The topological polar surface area (TPSA) is 89.2 Å². The fourth-order valence-corrected chi connectivity index (χ4v) is 6.83. The van der Waals surface area contributed by atoms with Crippen LogP contribution in [0.25, 0.3) is 5.65 Å². The van der Waals surface area contributed by atoms with E-state index in [1.54, 1.807) is 4.52 Å². The summed E-state index contributed by atoms with van der Waals surface area (Å²) >= 11 is 6.05. The van der Waals surface area contributed by atoms with Crippen LogP contribution in [0.3, 0.4) is 0 Å². The van der Waals surface area contributed by atoms with E-state index in [2.05, 4.69) is 20.2 Å². The molecule has 3 saturated heterocycles. The molecule has 42 heavy (non-hydrogen) atoms. The number of benzene rings is 2. The Kier molecular flexibility index (Phi) is 7.25. The lowest BCUT2D eigenvalue weighted by molar-refractivity contribution is 0.0118. The van der Waals surface area contributed by atoms with Crippen molar-refractivity contribution in [2.24, 2.45) is 0 Å². The number of anilines is 3. The number of carbonyl (C=O) groups excluding carboxylic acids is 1. The first-order valence-corrected chi connectivity index (χ1v) is 15.3. The normalized spacial score (nSPS) is 20.9. The van der Waals surface area contributed by atoms with Gasteiger partial charge in [-0.15, -0.1) is 5.10 Å². The fourth-order valence-electron chi connectivity index (χ4n) is 6.71. The highest BCUT2D eigenvalue weighted by Gasteiger charge is 2.35. The zero-order chi connectivity index (χ0) is 28.7. The second-order valence-corrected chi connectivity index (χ2v) is 12.2. The minimum Gasteiger partial charge on any atom is -0.385 e. The van der Waals surface area contributed by atoms with Crippen LogP contribution in [0.2, 0.25) is 5.02 Å². The van der Waals surface area contributed by atoms with Gasteiger partial charge < -0.3 is 20.2 Å². The lowest BCUT2D eigenvalue weighted by Crippen LogP contribution is -2.56. The third-order valence-corrected chi connectivity index (χ3v) is 9.42. The molecule has 1 amide bonds. The van der Waals surface area contributed by atoms with Crippen LogP contribution in [0, 0.1) is 0 Å². The van der Waals surface area contributed by atoms with Crippen molar-refractivity contribution in [1.82, 2.24) is 24.4 Å². The Morgan fingerprint density at radius 1 is 0.952 bits per heavy atom. The summed E-state index contributed by atoms with van der Waals surface area (Å²) in [6.07, 6.45) is 6.82. The first-order chi connectivity index (χ1) is 20.4. The standard InChI is InChI=1S/C32H36ClN7O2/c33-25-10-8-24(9-11-25)32(42)14-18-38(19-15-32)28-5-3-17-40-29(28)35-31(36-40)34-26-12-6-23(7-13-26)30(41)39-21-20-37-16-2-1-4-27(37)22-39/h3,5-13,17,27,42H,1-2,4,14-16,18-22H2,(H,34,36). The van der Waals surface area contributed by atoms with Crippen LogP contribution in [0.4, 0.5) is 17.3 Å². The number of halogens is 1. The van der Waals surface area contributed by atoms with E-state index in [0.717, 1.165) is 48.8 Å². The number of aliphatic hydroxyl groups is 1. The van der Waals surface area contributed by atoms with Crippen molar-refractivity contribution in [3.8, 4) is 0 Å². The number of nitrogens with one attached hydrogen (secondary N) is 1. The molecule has 218 valence electrons.